The Labute approximate surface area is 116 Å². The summed E-state index contributed by atoms with van der Waals surface area (Å²) in [5.41, 5.74) is -0.767. The molecule has 0 saturated heterocycles. The average Bonchev–Trinajstić information content (AvgIpc) is 2.23. The largest absolute Gasteiger partial charge is 0.480 e. The minimum atomic E-state index is -3.75. The average molecular weight is 294 g/mol. The van der Waals surface area contributed by atoms with Crippen molar-refractivity contribution in [3.63, 3.8) is 0 Å². The minimum Gasteiger partial charge on any atom is -0.480 e. The van der Waals surface area contributed by atoms with Gasteiger partial charge in [0.25, 0.3) is 10.2 Å². The number of carboxylic acids is 1. The molecule has 114 valence electrons. The molecule has 1 N–H and O–H groups in total. The van der Waals surface area contributed by atoms with Crippen LogP contribution < -0.4 is 0 Å². The SMILES string of the molecule is CCCN(CCC)S(=O)(=O)N(CC(=O)O)C(C)(C)C. The molecule has 0 aromatic heterocycles. The summed E-state index contributed by atoms with van der Waals surface area (Å²) in [7, 11) is -3.75. The van der Waals surface area contributed by atoms with Crippen molar-refractivity contribution in [2.24, 2.45) is 0 Å². The van der Waals surface area contributed by atoms with Gasteiger partial charge in [0.15, 0.2) is 0 Å². The highest BCUT2D eigenvalue weighted by Crippen LogP contribution is 2.21. The Hall–Kier alpha value is -0.660. The summed E-state index contributed by atoms with van der Waals surface area (Å²) in [6.07, 6.45) is 1.40. The van der Waals surface area contributed by atoms with Gasteiger partial charge in [0, 0.05) is 18.6 Å². The number of hydrogen-bond acceptors (Lipinski definition) is 3. The van der Waals surface area contributed by atoms with E-state index in [1.165, 1.54) is 4.31 Å². The van der Waals surface area contributed by atoms with E-state index in [1.54, 1.807) is 20.8 Å². The normalized spacial score (nSPS) is 13.2. The molecule has 0 aromatic rings. The van der Waals surface area contributed by atoms with Gasteiger partial charge in [-0.1, -0.05) is 13.8 Å². The molecule has 0 rings (SSSR count). The van der Waals surface area contributed by atoms with Gasteiger partial charge in [-0.3, -0.25) is 4.79 Å². The topological polar surface area (TPSA) is 77.9 Å². The molecule has 0 bridgehead atoms. The standard InChI is InChI=1S/C12H26N2O4S/c1-6-8-13(9-7-2)19(17,18)14(10-11(15)16)12(3,4)5/h6-10H2,1-5H3,(H,15,16). The third-order valence-electron chi connectivity index (χ3n) is 2.58. The van der Waals surface area contributed by atoms with Gasteiger partial charge in [0.2, 0.25) is 0 Å². The summed E-state index contributed by atoms with van der Waals surface area (Å²) in [6.45, 7) is 9.19. The van der Waals surface area contributed by atoms with E-state index in [0.717, 1.165) is 4.31 Å². The van der Waals surface area contributed by atoms with Crippen LogP contribution in [-0.4, -0.2) is 53.3 Å². The molecule has 0 aromatic carbocycles. The van der Waals surface area contributed by atoms with Gasteiger partial charge >= 0.3 is 5.97 Å². The molecule has 7 heteroatoms. The maximum atomic E-state index is 12.6. The zero-order valence-electron chi connectivity index (χ0n) is 12.5. The third-order valence-corrected chi connectivity index (χ3v) is 4.83. The summed E-state index contributed by atoms with van der Waals surface area (Å²) < 4.78 is 27.6. The molecular formula is C12H26N2O4S. The smallest absolute Gasteiger partial charge is 0.318 e. The first-order valence-electron chi connectivity index (χ1n) is 6.57. The molecule has 0 fully saturated rings. The molecule has 0 aliphatic heterocycles. The highest BCUT2D eigenvalue weighted by molar-refractivity contribution is 7.86. The maximum absolute atomic E-state index is 12.6. The monoisotopic (exact) mass is 294 g/mol. The van der Waals surface area contributed by atoms with Crippen molar-refractivity contribution in [1.29, 1.82) is 0 Å². The number of rotatable bonds is 8. The summed E-state index contributed by atoms with van der Waals surface area (Å²) in [5.74, 6) is -1.15. The van der Waals surface area contributed by atoms with E-state index in [4.69, 9.17) is 5.11 Å². The van der Waals surface area contributed by atoms with E-state index in [-0.39, 0.29) is 0 Å². The zero-order chi connectivity index (χ0) is 15.3. The number of carbonyl (C=O) groups is 1. The molecule has 0 unspecified atom stereocenters. The lowest BCUT2D eigenvalue weighted by molar-refractivity contribution is -0.138. The van der Waals surface area contributed by atoms with Crippen LogP contribution in [0.25, 0.3) is 0 Å². The van der Waals surface area contributed by atoms with Crippen molar-refractivity contribution in [3.05, 3.63) is 0 Å². The lowest BCUT2D eigenvalue weighted by Crippen LogP contribution is -2.54. The fourth-order valence-corrected chi connectivity index (χ4v) is 3.84. The minimum absolute atomic E-state index is 0.405. The van der Waals surface area contributed by atoms with Crippen LogP contribution in [0.3, 0.4) is 0 Å². The van der Waals surface area contributed by atoms with Gasteiger partial charge in [-0.05, 0) is 33.6 Å². The van der Waals surface area contributed by atoms with E-state index < -0.39 is 28.3 Å². The highest BCUT2D eigenvalue weighted by atomic mass is 32.2. The van der Waals surface area contributed by atoms with Crippen LogP contribution in [0.4, 0.5) is 0 Å². The number of nitrogens with zero attached hydrogens (tertiary/aromatic N) is 2. The summed E-state index contributed by atoms with van der Waals surface area (Å²) in [6, 6.07) is 0. The lowest BCUT2D eigenvalue weighted by atomic mass is 10.1. The second-order valence-corrected chi connectivity index (χ2v) is 7.33. The second-order valence-electron chi connectivity index (χ2n) is 5.48. The fraction of sp³-hybridized carbons (Fsp3) is 0.917. The number of aliphatic carboxylic acids is 1. The molecular weight excluding hydrogens is 268 g/mol. The lowest BCUT2D eigenvalue weighted by Gasteiger charge is -2.37. The van der Waals surface area contributed by atoms with E-state index in [1.807, 2.05) is 13.8 Å². The van der Waals surface area contributed by atoms with Crippen molar-refractivity contribution in [2.75, 3.05) is 19.6 Å². The van der Waals surface area contributed by atoms with Gasteiger partial charge in [-0.2, -0.15) is 17.0 Å². The fourth-order valence-electron chi connectivity index (χ4n) is 1.77. The van der Waals surface area contributed by atoms with E-state index in [0.29, 0.717) is 25.9 Å². The number of hydrogen-bond donors (Lipinski definition) is 1. The summed E-state index contributed by atoms with van der Waals surface area (Å²) >= 11 is 0. The van der Waals surface area contributed by atoms with Crippen molar-refractivity contribution in [2.45, 2.75) is 53.0 Å². The first kappa shape index (κ1) is 18.3. The second kappa shape index (κ2) is 7.21. The van der Waals surface area contributed by atoms with Gasteiger partial charge in [0.1, 0.15) is 6.54 Å². The van der Waals surface area contributed by atoms with Crippen molar-refractivity contribution in [3.8, 4) is 0 Å². The van der Waals surface area contributed by atoms with E-state index in [9.17, 15) is 13.2 Å². The Morgan fingerprint density at radius 1 is 1.11 bits per heavy atom. The van der Waals surface area contributed by atoms with Crippen molar-refractivity contribution < 1.29 is 18.3 Å². The molecule has 0 saturated carbocycles. The van der Waals surface area contributed by atoms with E-state index in [2.05, 4.69) is 0 Å². The molecule has 6 nitrogen and oxygen atoms in total. The van der Waals surface area contributed by atoms with Crippen molar-refractivity contribution in [1.82, 2.24) is 8.61 Å². The molecule has 0 spiro atoms. The predicted octanol–water partition coefficient (Wildman–Crippen LogP) is 1.54. The molecule has 19 heavy (non-hydrogen) atoms. The van der Waals surface area contributed by atoms with Crippen LogP contribution in [0.5, 0.6) is 0 Å². The Morgan fingerprint density at radius 2 is 1.53 bits per heavy atom. The van der Waals surface area contributed by atoms with Crippen LogP contribution in [-0.2, 0) is 15.0 Å². The van der Waals surface area contributed by atoms with Gasteiger partial charge in [-0.15, -0.1) is 0 Å². The molecule has 0 amide bonds. The Morgan fingerprint density at radius 3 is 1.79 bits per heavy atom. The quantitative estimate of drug-likeness (QED) is 0.736. The highest BCUT2D eigenvalue weighted by Gasteiger charge is 2.37. The Kier molecular flexibility index (Phi) is 6.96. The van der Waals surface area contributed by atoms with Crippen LogP contribution in [0, 0.1) is 0 Å². The Bertz CT molecular complexity index is 381. The van der Waals surface area contributed by atoms with Gasteiger partial charge < -0.3 is 5.11 Å². The Balaban J connectivity index is 5.42. The van der Waals surface area contributed by atoms with Crippen LogP contribution in [0.2, 0.25) is 0 Å². The van der Waals surface area contributed by atoms with Crippen LogP contribution in [0.1, 0.15) is 47.5 Å². The summed E-state index contributed by atoms with van der Waals surface area (Å²) in [4.78, 5) is 10.9. The number of carboxylic acid groups (broad SMARTS) is 1. The molecule has 0 aliphatic rings. The molecule has 0 radical (unpaired) electrons. The molecule has 0 aliphatic carbocycles. The summed E-state index contributed by atoms with van der Waals surface area (Å²) in [5, 5.41) is 8.93. The zero-order valence-corrected chi connectivity index (χ0v) is 13.3. The molecule has 0 heterocycles. The maximum Gasteiger partial charge on any atom is 0.318 e. The van der Waals surface area contributed by atoms with Crippen LogP contribution in [0.15, 0.2) is 0 Å². The first-order valence-corrected chi connectivity index (χ1v) is 7.96. The van der Waals surface area contributed by atoms with Crippen LogP contribution >= 0.6 is 0 Å². The van der Waals surface area contributed by atoms with Crippen molar-refractivity contribution >= 4 is 16.2 Å². The van der Waals surface area contributed by atoms with Gasteiger partial charge in [0.05, 0.1) is 0 Å². The predicted molar refractivity (Wildman–Crippen MR) is 75.2 cm³/mol. The van der Waals surface area contributed by atoms with E-state index >= 15 is 0 Å². The van der Waals surface area contributed by atoms with Gasteiger partial charge in [-0.25, -0.2) is 0 Å². The first-order chi connectivity index (χ1) is 8.57. The third kappa shape index (κ3) is 5.46. The molecule has 0 atom stereocenters.